The molecule has 7 heteroatoms. The van der Waals surface area contributed by atoms with Crippen molar-refractivity contribution in [3.05, 3.63) is 71.7 Å². The molecule has 1 aromatic carbocycles. The minimum absolute atomic E-state index is 0.0360. The average molecular weight is 398 g/mol. The van der Waals surface area contributed by atoms with Crippen LogP contribution in [0.2, 0.25) is 0 Å². The Morgan fingerprint density at radius 1 is 1.04 bits per heavy atom. The van der Waals surface area contributed by atoms with Gasteiger partial charge >= 0.3 is 0 Å². The predicted molar refractivity (Wildman–Crippen MR) is 108 cm³/mol. The number of benzene rings is 1. The normalized spacial score (nSPS) is 11.6. The Kier molecular flexibility index (Phi) is 5.38. The van der Waals surface area contributed by atoms with E-state index in [2.05, 4.69) is 10.3 Å². The molecule has 3 aromatic rings. The van der Waals surface area contributed by atoms with Crippen molar-refractivity contribution >= 4 is 21.6 Å². The van der Waals surface area contributed by atoms with Crippen molar-refractivity contribution in [2.45, 2.75) is 43.5 Å². The van der Waals surface area contributed by atoms with E-state index in [4.69, 9.17) is 0 Å². The van der Waals surface area contributed by atoms with Gasteiger partial charge in [0.15, 0.2) is 0 Å². The Morgan fingerprint density at radius 3 is 2.21 bits per heavy atom. The molecule has 1 N–H and O–H groups in total. The van der Waals surface area contributed by atoms with Gasteiger partial charge in [0.2, 0.25) is 9.84 Å². The van der Waals surface area contributed by atoms with Crippen molar-refractivity contribution in [2.75, 3.05) is 5.32 Å². The summed E-state index contributed by atoms with van der Waals surface area (Å²) in [7, 11) is -3.81. The molecule has 0 fully saturated rings. The van der Waals surface area contributed by atoms with Gasteiger partial charge in [0, 0.05) is 29.7 Å². The number of aromatic nitrogens is 2. The van der Waals surface area contributed by atoms with Crippen LogP contribution in [-0.4, -0.2) is 23.9 Å². The molecule has 2 aromatic heterocycles. The maximum absolute atomic E-state index is 13.4. The van der Waals surface area contributed by atoms with Crippen LogP contribution in [-0.2, 0) is 9.84 Å². The minimum Gasteiger partial charge on any atom is -0.328 e. The zero-order valence-electron chi connectivity index (χ0n) is 16.3. The van der Waals surface area contributed by atoms with Gasteiger partial charge in [-0.1, -0.05) is 18.2 Å². The maximum atomic E-state index is 13.4. The van der Waals surface area contributed by atoms with E-state index in [-0.39, 0.29) is 27.6 Å². The topological polar surface area (TPSA) is 81.1 Å². The van der Waals surface area contributed by atoms with E-state index in [0.717, 1.165) is 5.69 Å². The van der Waals surface area contributed by atoms with Gasteiger partial charge in [-0.25, -0.2) is 8.42 Å². The number of sulfone groups is 1. The number of nitrogens with zero attached hydrogens (tertiary/aromatic N) is 2. The summed E-state index contributed by atoms with van der Waals surface area (Å²) >= 11 is 0. The molecule has 28 heavy (non-hydrogen) atoms. The second-order valence-corrected chi connectivity index (χ2v) is 8.74. The van der Waals surface area contributed by atoms with Gasteiger partial charge in [0.1, 0.15) is 10.7 Å². The van der Waals surface area contributed by atoms with E-state index in [1.165, 1.54) is 12.4 Å². The monoisotopic (exact) mass is 397 g/mol. The summed E-state index contributed by atoms with van der Waals surface area (Å²) in [5.41, 5.74) is 1.84. The first kappa shape index (κ1) is 19.8. The predicted octanol–water partition coefficient (Wildman–Crippen LogP) is 4.17. The third-order valence-electron chi connectivity index (χ3n) is 4.71. The average Bonchev–Trinajstić information content (AvgIpc) is 2.93. The summed E-state index contributed by atoms with van der Waals surface area (Å²) in [6.45, 7) is 7.54. The highest BCUT2D eigenvalue weighted by Crippen LogP contribution is 2.37. The molecular formula is C21H23N3O3S. The van der Waals surface area contributed by atoms with Crippen LogP contribution in [0.15, 0.2) is 64.6 Å². The number of carbonyl (C=O) groups excluding carboxylic acids is 1. The van der Waals surface area contributed by atoms with Crippen molar-refractivity contribution in [1.29, 1.82) is 0 Å². The van der Waals surface area contributed by atoms with Crippen molar-refractivity contribution in [2.24, 2.45) is 0 Å². The molecule has 6 nitrogen and oxygen atoms in total. The zero-order valence-corrected chi connectivity index (χ0v) is 17.1. The molecule has 2 heterocycles. The van der Waals surface area contributed by atoms with E-state index in [1.54, 1.807) is 49.4 Å². The molecule has 0 atom stereocenters. The molecule has 0 bridgehead atoms. The standard InChI is InChI=1S/C21H23N3O3S/c1-14(2)24-16(4)15(3)19(28(26,27)18-8-6-5-7-9-18)20(24)23-21(25)17-10-12-22-13-11-17/h5-14H,1-4H3,(H,23,25). The molecule has 0 aliphatic rings. The molecule has 0 saturated carbocycles. The highest BCUT2D eigenvalue weighted by Gasteiger charge is 2.31. The van der Waals surface area contributed by atoms with E-state index in [9.17, 15) is 13.2 Å². The molecule has 1 amide bonds. The Balaban J connectivity index is 2.21. The largest absolute Gasteiger partial charge is 0.328 e. The first-order valence-electron chi connectivity index (χ1n) is 8.98. The Hall–Kier alpha value is -2.93. The third-order valence-corrected chi connectivity index (χ3v) is 6.64. The Bertz CT molecular complexity index is 1100. The van der Waals surface area contributed by atoms with E-state index >= 15 is 0 Å². The summed E-state index contributed by atoms with van der Waals surface area (Å²) in [6.07, 6.45) is 3.04. The summed E-state index contributed by atoms with van der Waals surface area (Å²) in [6, 6.07) is 11.4. The summed E-state index contributed by atoms with van der Waals surface area (Å²) in [5, 5.41) is 2.83. The van der Waals surface area contributed by atoms with E-state index in [1.807, 2.05) is 25.3 Å². The van der Waals surface area contributed by atoms with Crippen LogP contribution in [0.4, 0.5) is 5.82 Å². The van der Waals surface area contributed by atoms with Crippen LogP contribution in [0.5, 0.6) is 0 Å². The maximum Gasteiger partial charge on any atom is 0.256 e. The van der Waals surface area contributed by atoms with Gasteiger partial charge in [0.05, 0.1) is 4.90 Å². The van der Waals surface area contributed by atoms with Crippen molar-refractivity contribution in [1.82, 2.24) is 9.55 Å². The van der Waals surface area contributed by atoms with Crippen LogP contribution >= 0.6 is 0 Å². The molecule has 0 saturated heterocycles. The molecule has 0 unspecified atom stereocenters. The molecular weight excluding hydrogens is 374 g/mol. The van der Waals surface area contributed by atoms with Gasteiger partial charge in [-0.15, -0.1) is 0 Å². The first-order chi connectivity index (χ1) is 13.2. The Morgan fingerprint density at radius 2 is 1.64 bits per heavy atom. The minimum atomic E-state index is -3.81. The highest BCUT2D eigenvalue weighted by atomic mass is 32.2. The van der Waals surface area contributed by atoms with Gasteiger partial charge < -0.3 is 9.88 Å². The van der Waals surface area contributed by atoms with Gasteiger partial charge in [0.25, 0.3) is 5.91 Å². The number of rotatable bonds is 5. The second-order valence-electron chi connectivity index (χ2n) is 6.86. The number of pyridine rings is 1. The van der Waals surface area contributed by atoms with Crippen LogP contribution in [0.1, 0.15) is 41.5 Å². The number of hydrogen-bond donors (Lipinski definition) is 1. The van der Waals surface area contributed by atoms with Crippen LogP contribution in [0.3, 0.4) is 0 Å². The number of anilines is 1. The Labute approximate surface area is 165 Å². The van der Waals surface area contributed by atoms with Crippen molar-refractivity contribution in [3.63, 3.8) is 0 Å². The zero-order chi connectivity index (χ0) is 20.5. The lowest BCUT2D eigenvalue weighted by Crippen LogP contribution is -2.18. The van der Waals surface area contributed by atoms with E-state index in [0.29, 0.717) is 11.1 Å². The molecule has 3 rings (SSSR count). The quantitative estimate of drug-likeness (QED) is 0.701. The fourth-order valence-corrected chi connectivity index (χ4v) is 5.00. The molecule has 0 spiro atoms. The van der Waals surface area contributed by atoms with Gasteiger partial charge in [-0.3, -0.25) is 9.78 Å². The SMILES string of the molecule is Cc1c(S(=O)(=O)c2ccccc2)c(NC(=O)c2ccncc2)n(C(C)C)c1C. The lowest BCUT2D eigenvalue weighted by molar-refractivity contribution is 0.102. The number of amides is 1. The van der Waals surface area contributed by atoms with Crippen molar-refractivity contribution in [3.8, 4) is 0 Å². The van der Waals surface area contributed by atoms with Crippen LogP contribution in [0.25, 0.3) is 0 Å². The van der Waals surface area contributed by atoms with E-state index < -0.39 is 9.84 Å². The summed E-state index contributed by atoms with van der Waals surface area (Å²) in [5.74, 6) is -0.0954. The number of hydrogen-bond acceptors (Lipinski definition) is 4. The lowest BCUT2D eigenvalue weighted by Gasteiger charge is -2.17. The fraction of sp³-hybridized carbons (Fsp3) is 0.238. The molecule has 146 valence electrons. The van der Waals surface area contributed by atoms with Gasteiger partial charge in [-0.2, -0.15) is 0 Å². The van der Waals surface area contributed by atoms with Gasteiger partial charge in [-0.05, 0) is 57.5 Å². The highest BCUT2D eigenvalue weighted by molar-refractivity contribution is 7.91. The second kappa shape index (κ2) is 7.59. The first-order valence-corrected chi connectivity index (χ1v) is 10.5. The fourth-order valence-electron chi connectivity index (χ4n) is 3.29. The summed E-state index contributed by atoms with van der Waals surface area (Å²) in [4.78, 5) is 17.0. The molecule has 0 aliphatic carbocycles. The number of carbonyl (C=O) groups is 1. The lowest BCUT2D eigenvalue weighted by atomic mass is 10.2. The number of nitrogens with one attached hydrogen (secondary N) is 1. The molecule has 0 aliphatic heterocycles. The smallest absolute Gasteiger partial charge is 0.256 e. The third kappa shape index (κ3) is 3.45. The summed E-state index contributed by atoms with van der Waals surface area (Å²) < 4.78 is 28.7. The van der Waals surface area contributed by atoms with Crippen LogP contribution < -0.4 is 5.32 Å². The van der Waals surface area contributed by atoms with Crippen LogP contribution in [0, 0.1) is 13.8 Å². The molecule has 0 radical (unpaired) electrons. The van der Waals surface area contributed by atoms with Crippen molar-refractivity contribution < 1.29 is 13.2 Å².